The van der Waals surface area contributed by atoms with Gasteiger partial charge in [0.25, 0.3) is 0 Å². The Labute approximate surface area is 87.2 Å². The Hall–Kier alpha value is -0.290. The fourth-order valence-corrected chi connectivity index (χ4v) is 2.48. The van der Waals surface area contributed by atoms with Gasteiger partial charge in [0.15, 0.2) is 0 Å². The normalized spacial score (nSPS) is 38.2. The second-order valence-corrected chi connectivity index (χ2v) is 4.45. The molecule has 3 unspecified atom stereocenters. The van der Waals surface area contributed by atoms with Gasteiger partial charge >= 0.3 is 6.18 Å². The quantitative estimate of drug-likeness (QED) is 0.733. The van der Waals surface area contributed by atoms with E-state index in [0.717, 1.165) is 6.42 Å². The maximum absolute atomic E-state index is 12.5. The van der Waals surface area contributed by atoms with Gasteiger partial charge in [-0.1, -0.05) is 0 Å². The zero-order valence-corrected chi connectivity index (χ0v) is 8.52. The lowest BCUT2D eigenvalue weighted by Crippen LogP contribution is -2.46. The minimum atomic E-state index is -4.03. The van der Waals surface area contributed by atoms with Crippen LogP contribution in [0.25, 0.3) is 0 Å². The van der Waals surface area contributed by atoms with Crippen LogP contribution in [-0.2, 0) is 4.74 Å². The third kappa shape index (κ3) is 2.64. The van der Waals surface area contributed by atoms with Crippen molar-refractivity contribution in [3.05, 3.63) is 0 Å². The molecule has 0 aromatic carbocycles. The van der Waals surface area contributed by atoms with Crippen molar-refractivity contribution in [2.45, 2.75) is 31.5 Å². The second-order valence-electron chi connectivity index (χ2n) is 4.45. The Morgan fingerprint density at radius 1 is 1.20 bits per heavy atom. The maximum atomic E-state index is 12.5. The van der Waals surface area contributed by atoms with Gasteiger partial charge in [-0.2, -0.15) is 13.2 Å². The Morgan fingerprint density at radius 3 is 2.60 bits per heavy atom. The largest absolute Gasteiger partial charge is 0.391 e. The lowest BCUT2D eigenvalue weighted by atomic mass is 9.85. The molecule has 0 aliphatic carbocycles. The van der Waals surface area contributed by atoms with Crippen LogP contribution in [0, 0.1) is 11.8 Å². The van der Waals surface area contributed by atoms with E-state index in [1.165, 1.54) is 0 Å². The first kappa shape index (κ1) is 11.2. The van der Waals surface area contributed by atoms with E-state index in [4.69, 9.17) is 4.74 Å². The van der Waals surface area contributed by atoms with Crippen molar-refractivity contribution in [1.82, 2.24) is 5.32 Å². The molecule has 0 amide bonds. The highest BCUT2D eigenvalue weighted by Gasteiger charge is 2.43. The van der Waals surface area contributed by atoms with Crippen LogP contribution >= 0.6 is 0 Å². The molecule has 2 aliphatic heterocycles. The molecule has 0 saturated carbocycles. The smallest absolute Gasteiger partial charge is 0.381 e. The van der Waals surface area contributed by atoms with E-state index < -0.39 is 12.1 Å². The Bertz CT molecular complexity index is 213. The van der Waals surface area contributed by atoms with E-state index in [2.05, 4.69) is 5.32 Å². The van der Waals surface area contributed by atoms with Crippen LogP contribution in [0.2, 0.25) is 0 Å². The third-order valence-electron chi connectivity index (χ3n) is 3.43. The van der Waals surface area contributed by atoms with E-state index in [1.807, 2.05) is 0 Å². The SMILES string of the molecule is FC(F)(F)C1CCNC(C2CCOC2)C1. The summed E-state index contributed by atoms with van der Waals surface area (Å²) in [4.78, 5) is 0. The van der Waals surface area contributed by atoms with E-state index in [1.54, 1.807) is 0 Å². The van der Waals surface area contributed by atoms with E-state index in [-0.39, 0.29) is 24.8 Å². The predicted octanol–water partition coefficient (Wildman–Crippen LogP) is 1.95. The number of rotatable bonds is 1. The molecule has 2 aliphatic rings. The molecule has 1 N–H and O–H groups in total. The Balaban J connectivity index is 1.92. The fourth-order valence-electron chi connectivity index (χ4n) is 2.48. The molecule has 0 spiro atoms. The summed E-state index contributed by atoms with van der Waals surface area (Å²) in [5.74, 6) is -0.848. The monoisotopic (exact) mass is 223 g/mol. The maximum Gasteiger partial charge on any atom is 0.391 e. The van der Waals surface area contributed by atoms with Gasteiger partial charge in [-0.15, -0.1) is 0 Å². The number of hydrogen-bond donors (Lipinski definition) is 1. The van der Waals surface area contributed by atoms with Crippen molar-refractivity contribution >= 4 is 0 Å². The number of nitrogens with one attached hydrogen (secondary N) is 1. The molecule has 3 atom stereocenters. The number of hydrogen-bond acceptors (Lipinski definition) is 2. The molecule has 0 aromatic rings. The first-order valence-electron chi connectivity index (χ1n) is 5.45. The average molecular weight is 223 g/mol. The number of halogens is 3. The molecule has 2 fully saturated rings. The standard InChI is InChI=1S/C10H16F3NO/c11-10(12,13)8-1-3-14-9(5-8)7-2-4-15-6-7/h7-9,14H,1-6H2. The van der Waals surface area contributed by atoms with Gasteiger partial charge < -0.3 is 10.1 Å². The van der Waals surface area contributed by atoms with Crippen molar-refractivity contribution in [2.75, 3.05) is 19.8 Å². The van der Waals surface area contributed by atoms with Crippen molar-refractivity contribution in [3.8, 4) is 0 Å². The summed E-state index contributed by atoms with van der Waals surface area (Å²) in [7, 11) is 0. The topological polar surface area (TPSA) is 21.3 Å². The predicted molar refractivity (Wildman–Crippen MR) is 49.5 cm³/mol. The molecule has 2 heterocycles. The van der Waals surface area contributed by atoms with E-state index >= 15 is 0 Å². The van der Waals surface area contributed by atoms with Gasteiger partial charge in [-0.25, -0.2) is 0 Å². The molecule has 2 rings (SSSR count). The second kappa shape index (κ2) is 4.29. The lowest BCUT2D eigenvalue weighted by Gasteiger charge is -2.34. The molecule has 0 aromatic heterocycles. The zero-order chi connectivity index (χ0) is 10.9. The highest BCUT2D eigenvalue weighted by molar-refractivity contribution is 4.87. The fraction of sp³-hybridized carbons (Fsp3) is 1.00. The summed E-state index contributed by atoms with van der Waals surface area (Å²) in [6.07, 6.45) is -2.70. The minimum absolute atomic E-state index is 0.00660. The van der Waals surface area contributed by atoms with E-state index in [0.29, 0.717) is 19.8 Å². The summed E-state index contributed by atoms with van der Waals surface area (Å²) < 4.78 is 42.8. The molecular weight excluding hydrogens is 207 g/mol. The van der Waals surface area contributed by atoms with Gasteiger partial charge in [0, 0.05) is 12.6 Å². The van der Waals surface area contributed by atoms with Gasteiger partial charge in [-0.05, 0) is 31.7 Å². The first-order valence-corrected chi connectivity index (χ1v) is 5.45. The van der Waals surface area contributed by atoms with E-state index in [9.17, 15) is 13.2 Å². The number of alkyl halides is 3. The molecule has 15 heavy (non-hydrogen) atoms. The Morgan fingerprint density at radius 2 is 2.00 bits per heavy atom. The number of ether oxygens (including phenoxy) is 1. The highest BCUT2D eigenvalue weighted by atomic mass is 19.4. The van der Waals surface area contributed by atoms with Crippen molar-refractivity contribution in [1.29, 1.82) is 0 Å². The zero-order valence-electron chi connectivity index (χ0n) is 8.52. The van der Waals surface area contributed by atoms with Crippen LogP contribution in [0.4, 0.5) is 13.2 Å². The summed E-state index contributed by atoms with van der Waals surface area (Å²) >= 11 is 0. The van der Waals surface area contributed by atoms with Crippen LogP contribution in [0.1, 0.15) is 19.3 Å². The molecule has 2 saturated heterocycles. The molecule has 88 valence electrons. The number of piperidine rings is 1. The summed E-state index contributed by atoms with van der Waals surface area (Å²) in [5.41, 5.74) is 0. The minimum Gasteiger partial charge on any atom is -0.381 e. The van der Waals surface area contributed by atoms with Gasteiger partial charge in [0.2, 0.25) is 0 Å². The van der Waals surface area contributed by atoms with Crippen LogP contribution in [0.5, 0.6) is 0 Å². The van der Waals surface area contributed by atoms with Crippen molar-refractivity contribution in [3.63, 3.8) is 0 Å². The molecule has 0 bridgehead atoms. The lowest BCUT2D eigenvalue weighted by molar-refractivity contribution is -0.184. The van der Waals surface area contributed by atoms with Crippen LogP contribution in [-0.4, -0.2) is 32.0 Å². The summed E-state index contributed by atoms with van der Waals surface area (Å²) in [6, 6.07) is -0.00660. The van der Waals surface area contributed by atoms with Crippen LogP contribution < -0.4 is 5.32 Å². The Kier molecular flexibility index (Phi) is 3.21. The molecule has 0 radical (unpaired) electrons. The molecule has 2 nitrogen and oxygen atoms in total. The molecular formula is C10H16F3NO. The van der Waals surface area contributed by atoms with Gasteiger partial charge in [-0.3, -0.25) is 0 Å². The summed E-state index contributed by atoms with van der Waals surface area (Å²) in [5, 5.41) is 3.18. The van der Waals surface area contributed by atoms with Crippen LogP contribution in [0.15, 0.2) is 0 Å². The first-order chi connectivity index (χ1) is 7.07. The van der Waals surface area contributed by atoms with Gasteiger partial charge in [0.05, 0.1) is 12.5 Å². The average Bonchev–Trinajstić information content (AvgIpc) is 2.69. The van der Waals surface area contributed by atoms with Crippen LogP contribution in [0.3, 0.4) is 0 Å². The molecule has 5 heteroatoms. The van der Waals surface area contributed by atoms with Crippen molar-refractivity contribution < 1.29 is 17.9 Å². The summed E-state index contributed by atoms with van der Waals surface area (Å²) in [6.45, 7) is 1.78. The highest BCUT2D eigenvalue weighted by Crippen LogP contribution is 2.36. The van der Waals surface area contributed by atoms with Crippen molar-refractivity contribution in [2.24, 2.45) is 11.8 Å². The van der Waals surface area contributed by atoms with Gasteiger partial charge in [0.1, 0.15) is 0 Å². The third-order valence-corrected chi connectivity index (χ3v) is 3.43.